The van der Waals surface area contributed by atoms with Crippen molar-refractivity contribution in [3.63, 3.8) is 0 Å². The molecule has 1 atom stereocenters. The van der Waals surface area contributed by atoms with Gasteiger partial charge in [-0.3, -0.25) is 10.4 Å². The van der Waals surface area contributed by atoms with Crippen LogP contribution in [0, 0.1) is 0 Å². The van der Waals surface area contributed by atoms with Crippen LogP contribution in [-0.2, 0) is 4.74 Å². The molecule has 0 saturated carbocycles. The number of carbonyl (C=O) groups excluding carboxylic acids is 1. The van der Waals surface area contributed by atoms with E-state index in [-0.39, 0.29) is 12.1 Å². The highest BCUT2D eigenvalue weighted by molar-refractivity contribution is 5.92. The van der Waals surface area contributed by atoms with Gasteiger partial charge in [0.15, 0.2) is 0 Å². The molecule has 3 N–H and O–H groups in total. The summed E-state index contributed by atoms with van der Waals surface area (Å²) in [5, 5.41) is 13.3. The molecular weight excluding hydrogens is 334 g/mol. The van der Waals surface area contributed by atoms with Crippen molar-refractivity contribution in [2.75, 3.05) is 25.6 Å². The molecule has 0 radical (unpaired) electrons. The number of hydrogen-bond donors (Lipinski definition) is 3. The largest absolute Gasteiger partial charge is 0.479 e. The number of carbonyl (C=O) groups is 1. The molecule has 2 amide bonds. The Kier molecular flexibility index (Phi) is 5.65. The number of H-pyrrole nitrogens is 1. The van der Waals surface area contributed by atoms with Crippen LogP contribution in [0.15, 0.2) is 42.6 Å². The molecule has 0 spiro atoms. The predicted octanol–water partition coefficient (Wildman–Crippen LogP) is 2.87. The van der Waals surface area contributed by atoms with E-state index in [0.717, 1.165) is 16.5 Å². The molecule has 0 fully saturated rings. The molecule has 0 aliphatic carbocycles. The zero-order valence-electron chi connectivity index (χ0n) is 14.7. The molecule has 26 heavy (non-hydrogen) atoms. The van der Waals surface area contributed by atoms with Gasteiger partial charge in [-0.2, -0.15) is 0 Å². The van der Waals surface area contributed by atoms with Crippen molar-refractivity contribution >= 4 is 22.8 Å². The fourth-order valence-corrected chi connectivity index (χ4v) is 2.57. The fourth-order valence-electron chi connectivity index (χ4n) is 2.57. The average molecular weight is 355 g/mol. The summed E-state index contributed by atoms with van der Waals surface area (Å²) >= 11 is 0. The molecule has 2 aromatic heterocycles. The topological polar surface area (TPSA) is 101 Å². The van der Waals surface area contributed by atoms with E-state index in [4.69, 9.17) is 9.47 Å². The third kappa shape index (κ3) is 4.09. The number of ether oxygens (including phenoxy) is 2. The van der Waals surface area contributed by atoms with Crippen molar-refractivity contribution in [1.29, 1.82) is 0 Å². The SMILES string of the molecule is CCOCC(NC(=O)Nc1cc2[nH]nc(OC)c2cn1)c1ccccc1. The molecule has 8 nitrogen and oxygen atoms in total. The fraction of sp³-hybridized carbons (Fsp3) is 0.278. The van der Waals surface area contributed by atoms with E-state index >= 15 is 0 Å². The zero-order chi connectivity index (χ0) is 18.4. The number of methoxy groups -OCH3 is 1. The van der Waals surface area contributed by atoms with Crippen LogP contribution in [0.1, 0.15) is 18.5 Å². The van der Waals surface area contributed by atoms with Crippen molar-refractivity contribution in [2.45, 2.75) is 13.0 Å². The lowest BCUT2D eigenvalue weighted by Gasteiger charge is -2.19. The highest BCUT2D eigenvalue weighted by atomic mass is 16.5. The Balaban J connectivity index is 1.69. The van der Waals surface area contributed by atoms with E-state index in [0.29, 0.717) is 24.9 Å². The van der Waals surface area contributed by atoms with Gasteiger partial charge >= 0.3 is 6.03 Å². The van der Waals surface area contributed by atoms with Crippen LogP contribution < -0.4 is 15.4 Å². The van der Waals surface area contributed by atoms with Gasteiger partial charge in [-0.25, -0.2) is 9.78 Å². The lowest BCUT2D eigenvalue weighted by Crippen LogP contribution is -2.35. The Morgan fingerprint density at radius 2 is 2.12 bits per heavy atom. The first kappa shape index (κ1) is 17.7. The summed E-state index contributed by atoms with van der Waals surface area (Å²) in [6.45, 7) is 2.88. The third-order valence-corrected chi connectivity index (χ3v) is 3.84. The van der Waals surface area contributed by atoms with Crippen LogP contribution in [0.3, 0.4) is 0 Å². The van der Waals surface area contributed by atoms with Gasteiger partial charge in [-0.1, -0.05) is 30.3 Å². The van der Waals surface area contributed by atoms with Gasteiger partial charge in [0.1, 0.15) is 5.82 Å². The summed E-state index contributed by atoms with van der Waals surface area (Å²) in [7, 11) is 1.54. The number of hydrogen-bond acceptors (Lipinski definition) is 5. The minimum atomic E-state index is -0.364. The van der Waals surface area contributed by atoms with E-state index in [2.05, 4.69) is 25.8 Å². The van der Waals surface area contributed by atoms with Gasteiger partial charge in [0.05, 0.1) is 30.7 Å². The van der Waals surface area contributed by atoms with E-state index in [1.807, 2.05) is 37.3 Å². The number of aromatic amines is 1. The van der Waals surface area contributed by atoms with Crippen LogP contribution in [0.2, 0.25) is 0 Å². The maximum atomic E-state index is 12.4. The van der Waals surface area contributed by atoms with Gasteiger partial charge in [0, 0.05) is 18.9 Å². The summed E-state index contributed by atoms with van der Waals surface area (Å²) in [6.07, 6.45) is 1.60. The number of rotatable bonds is 7. The number of urea groups is 1. The smallest absolute Gasteiger partial charge is 0.320 e. The lowest BCUT2D eigenvalue weighted by atomic mass is 10.1. The Bertz CT molecular complexity index is 866. The molecule has 0 saturated heterocycles. The maximum absolute atomic E-state index is 12.4. The van der Waals surface area contributed by atoms with Crippen LogP contribution in [0.25, 0.3) is 10.9 Å². The molecule has 3 rings (SSSR count). The summed E-state index contributed by atoms with van der Waals surface area (Å²) in [4.78, 5) is 16.6. The average Bonchev–Trinajstić information content (AvgIpc) is 3.08. The molecule has 2 heterocycles. The molecule has 1 aromatic carbocycles. The molecule has 3 aromatic rings. The first-order chi connectivity index (χ1) is 12.7. The van der Waals surface area contributed by atoms with Crippen molar-refractivity contribution in [3.8, 4) is 5.88 Å². The molecule has 0 aliphatic rings. The van der Waals surface area contributed by atoms with Gasteiger partial charge in [-0.15, -0.1) is 5.10 Å². The number of anilines is 1. The van der Waals surface area contributed by atoms with Crippen LogP contribution in [0.5, 0.6) is 5.88 Å². The first-order valence-electron chi connectivity index (χ1n) is 8.29. The van der Waals surface area contributed by atoms with E-state index in [9.17, 15) is 4.79 Å². The number of pyridine rings is 1. The number of amides is 2. The van der Waals surface area contributed by atoms with E-state index in [1.54, 1.807) is 12.3 Å². The van der Waals surface area contributed by atoms with Crippen LogP contribution in [0.4, 0.5) is 10.6 Å². The van der Waals surface area contributed by atoms with E-state index in [1.165, 1.54) is 7.11 Å². The maximum Gasteiger partial charge on any atom is 0.320 e. The number of nitrogens with zero attached hydrogens (tertiary/aromatic N) is 2. The highest BCUT2D eigenvalue weighted by Crippen LogP contribution is 2.23. The molecule has 136 valence electrons. The number of fused-ring (bicyclic) bond motifs is 1. The van der Waals surface area contributed by atoms with Crippen molar-refractivity contribution < 1.29 is 14.3 Å². The molecule has 8 heteroatoms. The second-order valence-corrected chi connectivity index (χ2v) is 5.57. The monoisotopic (exact) mass is 355 g/mol. The summed E-state index contributed by atoms with van der Waals surface area (Å²) in [5.41, 5.74) is 1.69. The minimum absolute atomic E-state index is 0.257. The molecular formula is C18H21N5O3. The second kappa shape index (κ2) is 8.30. The molecule has 1 unspecified atom stereocenters. The Hall–Kier alpha value is -3.13. The highest BCUT2D eigenvalue weighted by Gasteiger charge is 2.15. The summed E-state index contributed by atoms with van der Waals surface area (Å²) in [6, 6.07) is 10.8. The summed E-state index contributed by atoms with van der Waals surface area (Å²) < 4.78 is 10.6. The molecule has 0 aliphatic heterocycles. The Morgan fingerprint density at radius 3 is 2.85 bits per heavy atom. The van der Waals surface area contributed by atoms with Gasteiger partial charge in [-0.05, 0) is 12.5 Å². The van der Waals surface area contributed by atoms with Crippen molar-refractivity contribution in [2.24, 2.45) is 0 Å². The normalized spacial score (nSPS) is 11.9. The van der Waals surface area contributed by atoms with Gasteiger partial charge in [0.25, 0.3) is 0 Å². The standard InChI is InChI=1S/C18H21N5O3/c1-3-26-11-15(12-7-5-4-6-8-12)20-18(24)21-16-9-14-13(10-19-16)17(25-2)23-22-14/h4-10,15H,3,11H2,1-2H3,(H,22,23)(H2,19,20,21,24). The first-order valence-corrected chi connectivity index (χ1v) is 8.29. The van der Waals surface area contributed by atoms with E-state index < -0.39 is 0 Å². The summed E-state index contributed by atoms with van der Waals surface area (Å²) in [5.74, 6) is 0.869. The Morgan fingerprint density at radius 1 is 1.31 bits per heavy atom. The number of nitrogens with one attached hydrogen (secondary N) is 3. The Labute approximate surface area is 150 Å². The van der Waals surface area contributed by atoms with Gasteiger partial charge in [0.2, 0.25) is 5.88 Å². The third-order valence-electron chi connectivity index (χ3n) is 3.84. The quantitative estimate of drug-likeness (QED) is 0.605. The minimum Gasteiger partial charge on any atom is -0.479 e. The second-order valence-electron chi connectivity index (χ2n) is 5.57. The predicted molar refractivity (Wildman–Crippen MR) is 98.3 cm³/mol. The number of benzene rings is 1. The van der Waals surface area contributed by atoms with Crippen LogP contribution >= 0.6 is 0 Å². The van der Waals surface area contributed by atoms with Gasteiger partial charge < -0.3 is 14.8 Å². The van der Waals surface area contributed by atoms with Crippen LogP contribution in [-0.4, -0.2) is 41.5 Å². The molecule has 0 bridgehead atoms. The lowest BCUT2D eigenvalue weighted by molar-refractivity contribution is 0.125. The zero-order valence-corrected chi connectivity index (χ0v) is 14.7. The number of aromatic nitrogens is 3. The van der Waals surface area contributed by atoms with Crippen molar-refractivity contribution in [3.05, 3.63) is 48.2 Å². The van der Waals surface area contributed by atoms with Crippen molar-refractivity contribution in [1.82, 2.24) is 20.5 Å².